The molecule has 0 bridgehead atoms. The summed E-state index contributed by atoms with van der Waals surface area (Å²) in [5.41, 5.74) is 1.68. The molecule has 1 N–H and O–H groups in total. The SMILES string of the molecule is Cc1cc(NC(=O)C(C)OC(=O)c2ccc3nccn3c2)on1. The van der Waals surface area contributed by atoms with Crippen LogP contribution in [0.2, 0.25) is 0 Å². The molecule has 0 fully saturated rings. The van der Waals surface area contributed by atoms with Crippen LogP contribution in [0.3, 0.4) is 0 Å². The van der Waals surface area contributed by atoms with Gasteiger partial charge in [0.2, 0.25) is 5.88 Å². The lowest BCUT2D eigenvalue weighted by atomic mass is 10.3. The molecular weight excluding hydrogens is 300 g/mol. The standard InChI is InChI=1S/C15H14N4O4/c1-9-7-13(23-18-9)17-14(20)10(2)22-15(21)11-3-4-12-16-5-6-19(12)8-11/h3-8,10H,1-2H3,(H,17,20). The molecule has 3 rings (SSSR count). The number of hydrogen-bond acceptors (Lipinski definition) is 6. The Bertz CT molecular complexity index is 867. The zero-order valence-electron chi connectivity index (χ0n) is 12.5. The number of aryl methyl sites for hydroxylation is 1. The van der Waals surface area contributed by atoms with E-state index in [2.05, 4.69) is 15.5 Å². The monoisotopic (exact) mass is 314 g/mol. The molecule has 0 saturated carbocycles. The van der Waals surface area contributed by atoms with Gasteiger partial charge >= 0.3 is 5.97 Å². The fraction of sp³-hybridized carbons (Fsp3) is 0.200. The third-order valence-electron chi connectivity index (χ3n) is 3.15. The van der Waals surface area contributed by atoms with Gasteiger partial charge in [0.05, 0.1) is 11.3 Å². The van der Waals surface area contributed by atoms with Gasteiger partial charge in [0.25, 0.3) is 5.91 Å². The molecule has 8 heteroatoms. The number of imidazole rings is 1. The third-order valence-corrected chi connectivity index (χ3v) is 3.15. The van der Waals surface area contributed by atoms with Crippen molar-refractivity contribution in [1.29, 1.82) is 0 Å². The van der Waals surface area contributed by atoms with Crippen molar-refractivity contribution in [2.75, 3.05) is 5.32 Å². The first-order valence-electron chi connectivity index (χ1n) is 6.91. The molecular formula is C15H14N4O4. The van der Waals surface area contributed by atoms with Gasteiger partial charge in [-0.2, -0.15) is 0 Å². The number of hydrogen-bond donors (Lipinski definition) is 1. The van der Waals surface area contributed by atoms with E-state index in [0.29, 0.717) is 16.9 Å². The van der Waals surface area contributed by atoms with Crippen LogP contribution >= 0.6 is 0 Å². The summed E-state index contributed by atoms with van der Waals surface area (Å²) in [4.78, 5) is 28.2. The number of carbonyl (C=O) groups is 2. The predicted molar refractivity (Wildman–Crippen MR) is 79.9 cm³/mol. The molecule has 0 spiro atoms. The Morgan fingerprint density at radius 2 is 2.22 bits per heavy atom. The summed E-state index contributed by atoms with van der Waals surface area (Å²) in [6, 6.07) is 4.85. The number of pyridine rings is 1. The summed E-state index contributed by atoms with van der Waals surface area (Å²) in [7, 11) is 0. The van der Waals surface area contributed by atoms with Crippen LogP contribution in [0.25, 0.3) is 5.65 Å². The van der Waals surface area contributed by atoms with Crippen molar-refractivity contribution in [3.63, 3.8) is 0 Å². The second kappa shape index (κ2) is 5.91. The molecule has 1 atom stereocenters. The average Bonchev–Trinajstić information content (AvgIpc) is 3.14. The molecule has 1 amide bonds. The zero-order valence-corrected chi connectivity index (χ0v) is 12.5. The number of fused-ring (bicyclic) bond motifs is 1. The van der Waals surface area contributed by atoms with Crippen LogP contribution < -0.4 is 5.32 Å². The first-order chi connectivity index (χ1) is 11.0. The molecule has 23 heavy (non-hydrogen) atoms. The number of nitrogens with one attached hydrogen (secondary N) is 1. The lowest BCUT2D eigenvalue weighted by Gasteiger charge is -2.12. The van der Waals surface area contributed by atoms with Crippen molar-refractivity contribution in [3.05, 3.63) is 48.0 Å². The van der Waals surface area contributed by atoms with E-state index in [1.165, 1.54) is 6.92 Å². The molecule has 0 aliphatic rings. The van der Waals surface area contributed by atoms with Crippen molar-refractivity contribution in [3.8, 4) is 0 Å². The van der Waals surface area contributed by atoms with Crippen LogP contribution in [-0.2, 0) is 9.53 Å². The average molecular weight is 314 g/mol. The van der Waals surface area contributed by atoms with Crippen LogP contribution in [0, 0.1) is 6.92 Å². The second-order valence-corrected chi connectivity index (χ2v) is 4.98. The summed E-state index contributed by atoms with van der Waals surface area (Å²) < 4.78 is 11.7. The van der Waals surface area contributed by atoms with Gasteiger partial charge in [-0.05, 0) is 26.0 Å². The first kappa shape index (κ1) is 14.8. The van der Waals surface area contributed by atoms with Crippen molar-refractivity contribution in [2.24, 2.45) is 0 Å². The van der Waals surface area contributed by atoms with Gasteiger partial charge in [-0.25, -0.2) is 9.78 Å². The summed E-state index contributed by atoms with van der Waals surface area (Å²) >= 11 is 0. The minimum absolute atomic E-state index is 0.204. The normalized spacial score (nSPS) is 12.1. The molecule has 0 aliphatic heterocycles. The number of amides is 1. The lowest BCUT2D eigenvalue weighted by Crippen LogP contribution is -2.29. The minimum atomic E-state index is -0.980. The summed E-state index contributed by atoms with van der Waals surface area (Å²) in [5.74, 6) is -0.898. The smallest absolute Gasteiger partial charge is 0.340 e. The maximum atomic E-state index is 12.1. The molecule has 0 aromatic carbocycles. The highest BCUT2D eigenvalue weighted by molar-refractivity contribution is 5.96. The van der Waals surface area contributed by atoms with E-state index in [9.17, 15) is 9.59 Å². The summed E-state index contributed by atoms with van der Waals surface area (Å²) in [6.45, 7) is 3.21. The quantitative estimate of drug-likeness (QED) is 0.737. The van der Waals surface area contributed by atoms with Crippen LogP contribution in [-0.4, -0.2) is 32.5 Å². The second-order valence-electron chi connectivity index (χ2n) is 4.98. The fourth-order valence-corrected chi connectivity index (χ4v) is 1.97. The van der Waals surface area contributed by atoms with Gasteiger partial charge in [-0.15, -0.1) is 0 Å². The highest BCUT2D eigenvalue weighted by Crippen LogP contribution is 2.11. The number of rotatable bonds is 4. The molecule has 8 nitrogen and oxygen atoms in total. The number of carbonyl (C=O) groups excluding carboxylic acids is 2. The molecule has 118 valence electrons. The van der Waals surface area contributed by atoms with E-state index in [-0.39, 0.29) is 5.88 Å². The van der Waals surface area contributed by atoms with Gasteiger partial charge in [0.15, 0.2) is 6.10 Å². The Kier molecular flexibility index (Phi) is 3.80. The van der Waals surface area contributed by atoms with Gasteiger partial charge in [-0.1, -0.05) is 5.16 Å². The summed E-state index contributed by atoms with van der Waals surface area (Å²) in [5, 5.41) is 6.14. The fourth-order valence-electron chi connectivity index (χ4n) is 1.97. The molecule has 3 heterocycles. The van der Waals surface area contributed by atoms with E-state index in [1.807, 2.05) is 0 Å². The number of anilines is 1. The highest BCUT2D eigenvalue weighted by atomic mass is 16.5. The van der Waals surface area contributed by atoms with Gasteiger partial charge < -0.3 is 13.7 Å². The summed E-state index contributed by atoms with van der Waals surface area (Å²) in [6.07, 6.45) is 3.95. The van der Waals surface area contributed by atoms with Crippen molar-refractivity contribution >= 4 is 23.4 Å². The maximum absolute atomic E-state index is 12.1. The minimum Gasteiger partial charge on any atom is -0.449 e. The van der Waals surface area contributed by atoms with Gasteiger partial charge in [0, 0.05) is 24.7 Å². The molecule has 3 aromatic heterocycles. The van der Waals surface area contributed by atoms with Crippen LogP contribution in [0.5, 0.6) is 0 Å². The predicted octanol–water partition coefficient (Wildman–Crippen LogP) is 1.81. The molecule has 0 saturated heterocycles. The van der Waals surface area contributed by atoms with Crippen molar-refractivity contribution in [2.45, 2.75) is 20.0 Å². The van der Waals surface area contributed by atoms with E-state index in [1.54, 1.807) is 48.1 Å². The Balaban J connectivity index is 1.65. The van der Waals surface area contributed by atoms with E-state index < -0.39 is 18.0 Å². The lowest BCUT2D eigenvalue weighted by molar-refractivity contribution is -0.123. The van der Waals surface area contributed by atoms with E-state index >= 15 is 0 Å². The van der Waals surface area contributed by atoms with Crippen LogP contribution in [0.1, 0.15) is 23.0 Å². The van der Waals surface area contributed by atoms with Crippen LogP contribution in [0.15, 0.2) is 41.3 Å². The topological polar surface area (TPSA) is 98.7 Å². The number of nitrogens with zero attached hydrogens (tertiary/aromatic N) is 3. The Labute approximate surface area is 131 Å². The van der Waals surface area contributed by atoms with Crippen molar-refractivity contribution in [1.82, 2.24) is 14.5 Å². The van der Waals surface area contributed by atoms with E-state index in [0.717, 1.165) is 0 Å². The van der Waals surface area contributed by atoms with Gasteiger partial charge in [-0.3, -0.25) is 10.1 Å². The maximum Gasteiger partial charge on any atom is 0.340 e. The third kappa shape index (κ3) is 3.20. The Morgan fingerprint density at radius 1 is 1.39 bits per heavy atom. The largest absolute Gasteiger partial charge is 0.449 e. The Hall–Kier alpha value is -3.16. The number of aromatic nitrogens is 3. The highest BCUT2D eigenvalue weighted by Gasteiger charge is 2.20. The molecule has 1 unspecified atom stereocenters. The molecule has 0 aliphatic carbocycles. The van der Waals surface area contributed by atoms with Crippen LogP contribution in [0.4, 0.5) is 5.88 Å². The Morgan fingerprint density at radius 3 is 2.96 bits per heavy atom. The van der Waals surface area contributed by atoms with Crippen molar-refractivity contribution < 1.29 is 18.8 Å². The van der Waals surface area contributed by atoms with E-state index in [4.69, 9.17) is 9.26 Å². The number of esters is 1. The molecule has 3 aromatic rings. The number of ether oxygens (including phenoxy) is 1. The first-order valence-corrected chi connectivity index (χ1v) is 6.91. The molecule has 0 radical (unpaired) electrons. The van der Waals surface area contributed by atoms with Gasteiger partial charge in [0.1, 0.15) is 5.65 Å². The zero-order chi connectivity index (χ0) is 16.4.